The molecule has 34 heavy (non-hydrogen) atoms. The molecule has 0 radical (unpaired) electrons. The van der Waals surface area contributed by atoms with Gasteiger partial charge in [0.2, 0.25) is 7.56 Å². The molecule has 3 nitrogen and oxygen atoms in total. The van der Waals surface area contributed by atoms with Crippen LogP contribution in [0.1, 0.15) is 83.1 Å². The average Bonchev–Trinajstić information content (AvgIpc) is 2.65. The quantitative estimate of drug-likeness (QED) is 0.201. The van der Waals surface area contributed by atoms with Gasteiger partial charge < -0.3 is 0 Å². The van der Waals surface area contributed by atoms with Crippen molar-refractivity contribution in [2.45, 2.75) is 139 Å². The van der Waals surface area contributed by atoms with Gasteiger partial charge in [0, 0.05) is 44.6 Å². The van der Waals surface area contributed by atoms with Crippen LogP contribution in [0.3, 0.4) is 0 Å². The van der Waals surface area contributed by atoms with E-state index in [1.54, 1.807) is 4.66 Å². The first-order valence-corrected chi connectivity index (χ1v) is 19.5. The normalized spacial score (nSPS) is 14.5. The number of nitrogens with zero attached hydrogens (tertiary/aromatic N) is 3. The molecule has 0 N–H and O–H groups in total. The zero-order valence-electron chi connectivity index (χ0n) is 25.1. The second-order valence-corrected chi connectivity index (χ2v) is 22.7. The molecule has 1 aromatic carbocycles. The van der Waals surface area contributed by atoms with E-state index in [1.165, 1.54) is 13.7 Å². The minimum atomic E-state index is -2.07. The first-order chi connectivity index (χ1) is 15.5. The summed E-state index contributed by atoms with van der Waals surface area (Å²) in [6, 6.07) is 14.4. The van der Waals surface area contributed by atoms with Crippen LogP contribution in [-0.2, 0) is 0 Å². The van der Waals surface area contributed by atoms with Crippen molar-refractivity contribution in [1.29, 1.82) is 0 Å². The topological polar surface area (TPSA) is 9.72 Å². The van der Waals surface area contributed by atoms with E-state index in [0.717, 1.165) is 0 Å². The number of rotatable bonds is 12. The highest BCUT2D eigenvalue weighted by Gasteiger charge is 2.63. The maximum absolute atomic E-state index is 2.93. The van der Waals surface area contributed by atoms with E-state index >= 15 is 0 Å². The van der Waals surface area contributed by atoms with Gasteiger partial charge in [-0.1, -0.05) is 37.8 Å². The summed E-state index contributed by atoms with van der Waals surface area (Å²) in [5.74, 6) is 0. The predicted molar refractivity (Wildman–Crippen MR) is 165 cm³/mol. The zero-order chi connectivity index (χ0) is 26.6. The zero-order valence-corrected chi connectivity index (χ0v) is 27.9. The second kappa shape index (κ2) is 12.9. The monoisotopic (exact) mass is 524 g/mol. The molecule has 0 spiro atoms. The average molecular weight is 525 g/mol. The third-order valence-electron chi connectivity index (χ3n) is 6.14. The summed E-state index contributed by atoms with van der Waals surface area (Å²) < 4.78 is 10.4. The summed E-state index contributed by atoms with van der Waals surface area (Å²) in [7, 11) is -2.38. The van der Waals surface area contributed by atoms with Crippen LogP contribution in [0, 0.1) is 0 Å². The van der Waals surface area contributed by atoms with Gasteiger partial charge in [0.15, 0.2) is 0 Å². The highest BCUT2D eigenvalue weighted by molar-refractivity contribution is 8.05. The molecule has 0 bridgehead atoms. The minimum absolute atomic E-state index is 0.446. The van der Waals surface area contributed by atoms with Crippen molar-refractivity contribution in [3.8, 4) is 0 Å². The lowest BCUT2D eigenvalue weighted by molar-refractivity contribution is 0.255. The van der Waals surface area contributed by atoms with Gasteiger partial charge >= 0.3 is 0 Å². The Bertz CT molecular complexity index is 724. The van der Waals surface area contributed by atoms with Gasteiger partial charge in [0.1, 0.15) is 18.0 Å². The SMILES string of the molecule is CC(C)N(P=C([Si](C)(C)C)[P+](c1ccccc1)(N(C(C)C)C(C)C)N(C(C)C)C(C)C)C(C)C. The summed E-state index contributed by atoms with van der Waals surface area (Å²) in [5, 5.41) is 1.53. The van der Waals surface area contributed by atoms with Crippen LogP contribution < -0.4 is 5.30 Å². The van der Waals surface area contributed by atoms with Gasteiger partial charge in [-0.25, -0.2) is 4.67 Å². The van der Waals surface area contributed by atoms with Crippen molar-refractivity contribution in [1.82, 2.24) is 14.0 Å². The van der Waals surface area contributed by atoms with Crippen LogP contribution in [0.25, 0.3) is 0 Å². The fourth-order valence-electron chi connectivity index (χ4n) is 5.51. The molecule has 196 valence electrons. The Morgan fingerprint density at radius 2 is 0.971 bits per heavy atom. The Hall–Kier alpha value is -0.0831. The fraction of sp³-hybridized carbons (Fsp3) is 0.750. The maximum Gasteiger partial charge on any atom is 0.215 e. The number of benzene rings is 1. The highest BCUT2D eigenvalue weighted by atomic mass is 31.2. The standard InChI is InChI=1S/C28H56N3P2Si/c1-21(2)29(22(3)4)32-28(34(13,14)15)33(27-19-17-16-18-20-27,30(23(5)6)24(7)8)31(25(9)10)26(11)12/h16-26H,1-15H3/q+1. The summed E-state index contributed by atoms with van der Waals surface area (Å²) in [5.41, 5.74) is 0. The molecule has 0 unspecified atom stereocenters. The van der Waals surface area contributed by atoms with E-state index in [4.69, 9.17) is 0 Å². The molecule has 0 aliphatic rings. The Balaban J connectivity index is 4.45. The summed E-state index contributed by atoms with van der Waals surface area (Å²) >= 11 is 0. The van der Waals surface area contributed by atoms with Gasteiger partial charge in [0.25, 0.3) is 0 Å². The second-order valence-electron chi connectivity index (χ2n) is 12.3. The van der Waals surface area contributed by atoms with E-state index in [9.17, 15) is 0 Å². The molecule has 6 heteroatoms. The lowest BCUT2D eigenvalue weighted by atomic mass is 10.3. The van der Waals surface area contributed by atoms with Crippen LogP contribution >= 0.6 is 15.9 Å². The van der Waals surface area contributed by atoms with E-state index in [-0.39, 0.29) is 0 Å². The molecule has 0 aromatic heterocycles. The lowest BCUT2D eigenvalue weighted by Crippen LogP contribution is -2.57. The molecule has 0 saturated heterocycles. The van der Waals surface area contributed by atoms with Gasteiger partial charge in [-0.3, -0.25) is 0 Å². The molecule has 0 atom stereocenters. The predicted octanol–water partition coefficient (Wildman–Crippen LogP) is 8.38. The number of hydrogen-bond acceptors (Lipinski definition) is 3. The highest BCUT2D eigenvalue weighted by Crippen LogP contribution is 2.71. The van der Waals surface area contributed by atoms with Crippen molar-refractivity contribution < 1.29 is 0 Å². The summed E-state index contributed by atoms with van der Waals surface area (Å²) in [6.07, 6.45) is 0. The van der Waals surface area contributed by atoms with Crippen LogP contribution in [0.4, 0.5) is 0 Å². The summed E-state index contributed by atoms with van der Waals surface area (Å²) in [6.45, 7) is 36.5. The third kappa shape index (κ3) is 7.02. The van der Waals surface area contributed by atoms with Crippen LogP contribution in [-0.4, -0.2) is 63.0 Å². The first kappa shape index (κ1) is 31.9. The van der Waals surface area contributed by atoms with E-state index in [2.05, 4.69) is 147 Å². The molecule has 0 heterocycles. The van der Waals surface area contributed by atoms with Crippen LogP contribution in [0.2, 0.25) is 19.6 Å². The molecule has 1 rings (SSSR count). The van der Waals surface area contributed by atoms with Crippen molar-refractivity contribution >= 4 is 34.0 Å². The molecule has 0 aliphatic carbocycles. The van der Waals surface area contributed by atoms with E-state index < -0.39 is 15.6 Å². The largest absolute Gasteiger partial charge is 0.250 e. The van der Waals surface area contributed by atoms with Crippen molar-refractivity contribution in [2.24, 2.45) is 0 Å². The van der Waals surface area contributed by atoms with Crippen molar-refractivity contribution in [3.05, 3.63) is 30.3 Å². The van der Waals surface area contributed by atoms with Crippen LogP contribution in [0.15, 0.2) is 30.3 Å². The minimum Gasteiger partial charge on any atom is -0.250 e. The van der Waals surface area contributed by atoms with Crippen molar-refractivity contribution in [3.63, 3.8) is 0 Å². The molecular weight excluding hydrogens is 468 g/mol. The Labute approximate surface area is 217 Å². The third-order valence-corrected chi connectivity index (χ3v) is 20.0. The molecule has 0 aliphatic heterocycles. The molecule has 0 amide bonds. The Morgan fingerprint density at radius 3 is 1.24 bits per heavy atom. The van der Waals surface area contributed by atoms with Gasteiger partial charge in [-0.05, 0) is 95.2 Å². The molecule has 0 saturated carbocycles. The lowest BCUT2D eigenvalue weighted by Gasteiger charge is -2.52. The Morgan fingerprint density at radius 1 is 0.618 bits per heavy atom. The Kier molecular flexibility index (Phi) is 12.2. The van der Waals surface area contributed by atoms with Crippen LogP contribution in [0.5, 0.6) is 0 Å². The molecule has 0 fully saturated rings. The van der Waals surface area contributed by atoms with E-state index in [0.29, 0.717) is 36.3 Å². The fourth-order valence-corrected chi connectivity index (χ4v) is 19.0. The molecule has 1 aromatic rings. The van der Waals surface area contributed by atoms with Gasteiger partial charge in [-0.15, -0.1) is 9.34 Å². The summed E-state index contributed by atoms with van der Waals surface area (Å²) in [4.78, 5) is 0. The molecular formula is C28H56N3P2Si+. The first-order valence-electron chi connectivity index (χ1n) is 13.4. The van der Waals surface area contributed by atoms with E-state index in [1.807, 2.05) is 0 Å². The van der Waals surface area contributed by atoms with Gasteiger partial charge in [-0.2, -0.15) is 0 Å². The smallest absolute Gasteiger partial charge is 0.215 e. The van der Waals surface area contributed by atoms with Gasteiger partial charge in [0.05, 0.1) is 0 Å². The number of hydrogen-bond donors (Lipinski definition) is 0. The van der Waals surface area contributed by atoms with Crippen molar-refractivity contribution in [2.75, 3.05) is 0 Å². The maximum atomic E-state index is 2.93.